The molecule has 3 heterocycles. The van der Waals surface area contributed by atoms with E-state index in [1.54, 1.807) is 36.5 Å². The number of aromatic nitrogens is 1. The van der Waals surface area contributed by atoms with Gasteiger partial charge in [-0.25, -0.2) is 0 Å². The number of hydrogen-bond donors (Lipinski definition) is 2. The van der Waals surface area contributed by atoms with Crippen molar-refractivity contribution in [2.45, 2.75) is 38.5 Å². The molecule has 0 unspecified atom stereocenters. The fraction of sp³-hybridized carbons (Fsp3) is 0.387. The molecular weight excluding hydrogens is 531 g/mol. The molecule has 7 nitrogen and oxygen atoms in total. The molecule has 1 atom stereocenters. The van der Waals surface area contributed by atoms with Gasteiger partial charge in [0.25, 0.3) is 5.91 Å². The summed E-state index contributed by atoms with van der Waals surface area (Å²) in [5.41, 5.74) is 8.92. The van der Waals surface area contributed by atoms with E-state index >= 15 is 0 Å². The van der Waals surface area contributed by atoms with Crippen molar-refractivity contribution in [3.63, 3.8) is 0 Å². The third-order valence-electron chi connectivity index (χ3n) is 8.41. The first-order valence-electron chi connectivity index (χ1n) is 13.9. The van der Waals surface area contributed by atoms with Crippen molar-refractivity contribution in [3.05, 3.63) is 83.2 Å². The summed E-state index contributed by atoms with van der Waals surface area (Å²) in [7, 11) is 0. The molecule has 2 aromatic carbocycles. The number of pyridine rings is 1. The fourth-order valence-electron chi connectivity index (χ4n) is 5.90. The Morgan fingerprint density at radius 2 is 1.76 bits per heavy atom. The molecule has 0 bridgehead atoms. The maximum absolute atomic E-state index is 13.3. The Morgan fingerprint density at radius 1 is 1.05 bits per heavy atom. The molecule has 1 spiro atoms. The average molecular weight is 564 g/mol. The van der Waals surface area contributed by atoms with Gasteiger partial charge in [0.15, 0.2) is 0 Å². The van der Waals surface area contributed by atoms with Crippen LogP contribution in [0.2, 0.25) is 0 Å². The van der Waals surface area contributed by atoms with Crippen LogP contribution < -0.4 is 16.0 Å². The van der Waals surface area contributed by atoms with Crippen LogP contribution in [0.1, 0.15) is 53.0 Å². The van der Waals surface area contributed by atoms with E-state index in [-0.39, 0.29) is 29.8 Å². The van der Waals surface area contributed by atoms with Gasteiger partial charge < -0.3 is 20.9 Å². The molecule has 10 heteroatoms. The third-order valence-corrected chi connectivity index (χ3v) is 8.41. The summed E-state index contributed by atoms with van der Waals surface area (Å²) in [6, 6.07) is 14.0. The lowest BCUT2D eigenvalue weighted by Crippen LogP contribution is -2.73. The average Bonchev–Trinajstić information content (AvgIpc) is 3.76. The van der Waals surface area contributed by atoms with Crippen LogP contribution in [-0.2, 0) is 17.5 Å². The van der Waals surface area contributed by atoms with Gasteiger partial charge in [-0.05, 0) is 66.3 Å². The van der Waals surface area contributed by atoms with E-state index in [1.165, 1.54) is 6.07 Å². The van der Waals surface area contributed by atoms with Crippen LogP contribution in [0.15, 0.2) is 60.8 Å². The molecule has 214 valence electrons. The number of anilines is 1. The molecule has 1 aromatic heterocycles. The predicted octanol–water partition coefficient (Wildman–Crippen LogP) is 4.78. The number of carbonyl (C=O) groups excluding carboxylic acids is 2. The van der Waals surface area contributed by atoms with Gasteiger partial charge in [0.05, 0.1) is 11.6 Å². The molecule has 6 rings (SSSR count). The SMILES string of the molecule is C[C@@H](NC(=O)c1cc(N2CC3(CN(C(=O)C4CC4)C3)C2)ccn1)c1ccc(-c2cc(C(F)(F)F)ccc2CN)cc1. The standard InChI is InChI=1S/C31H32F3N5O2/c1-19(20-2-4-21(5-3-20)26-12-24(31(32,33)34)9-8-23(26)14-35)37-28(40)27-13-25(10-11-36-27)38-15-30(16-38)17-39(18-30)29(41)22-6-7-22/h2-5,8-13,19,22H,6-7,14-18,35H2,1H3,(H,37,40)/t19-/m1/s1. The van der Waals surface area contributed by atoms with Crippen molar-refractivity contribution in [2.75, 3.05) is 31.1 Å². The Balaban J connectivity index is 1.07. The highest BCUT2D eigenvalue weighted by Gasteiger charge is 2.54. The van der Waals surface area contributed by atoms with E-state index in [1.807, 2.05) is 17.9 Å². The van der Waals surface area contributed by atoms with Gasteiger partial charge in [-0.15, -0.1) is 0 Å². The highest BCUT2D eigenvalue weighted by Crippen LogP contribution is 2.44. The van der Waals surface area contributed by atoms with E-state index in [0.717, 1.165) is 62.4 Å². The van der Waals surface area contributed by atoms with E-state index in [2.05, 4.69) is 15.2 Å². The number of alkyl halides is 3. The van der Waals surface area contributed by atoms with Gasteiger partial charge in [-0.2, -0.15) is 13.2 Å². The van der Waals surface area contributed by atoms with Crippen LogP contribution in [0.25, 0.3) is 11.1 Å². The number of nitrogens with two attached hydrogens (primary N) is 1. The Kier molecular flexibility index (Phi) is 6.76. The number of rotatable bonds is 7. The van der Waals surface area contributed by atoms with Crippen LogP contribution in [0.4, 0.5) is 18.9 Å². The number of likely N-dealkylation sites (tertiary alicyclic amines) is 1. The lowest BCUT2D eigenvalue weighted by molar-refractivity contribution is -0.146. The third kappa shape index (κ3) is 5.40. The Hall–Kier alpha value is -3.92. The van der Waals surface area contributed by atoms with Crippen LogP contribution >= 0.6 is 0 Å². The smallest absolute Gasteiger partial charge is 0.370 e. The Morgan fingerprint density at radius 3 is 2.39 bits per heavy atom. The fourth-order valence-corrected chi connectivity index (χ4v) is 5.90. The first-order valence-corrected chi connectivity index (χ1v) is 13.9. The lowest BCUT2D eigenvalue weighted by atomic mass is 9.72. The number of hydrogen-bond acceptors (Lipinski definition) is 5. The minimum atomic E-state index is -4.45. The topological polar surface area (TPSA) is 91.6 Å². The van der Waals surface area contributed by atoms with Gasteiger partial charge in [0.1, 0.15) is 5.69 Å². The van der Waals surface area contributed by atoms with Gasteiger partial charge >= 0.3 is 6.18 Å². The Labute approximate surface area is 236 Å². The predicted molar refractivity (Wildman–Crippen MR) is 149 cm³/mol. The normalized spacial score (nSPS) is 18.5. The van der Waals surface area contributed by atoms with Crippen molar-refractivity contribution in [3.8, 4) is 11.1 Å². The molecule has 3 fully saturated rings. The Bertz CT molecular complexity index is 1470. The first-order chi connectivity index (χ1) is 19.5. The van der Waals surface area contributed by atoms with E-state index in [0.29, 0.717) is 28.3 Å². The van der Waals surface area contributed by atoms with Crippen molar-refractivity contribution in [1.82, 2.24) is 15.2 Å². The quantitative estimate of drug-likeness (QED) is 0.432. The minimum absolute atomic E-state index is 0.116. The number of nitrogens with zero attached hydrogens (tertiary/aromatic N) is 3. The number of nitrogens with one attached hydrogen (secondary N) is 1. The lowest BCUT2D eigenvalue weighted by Gasteiger charge is -2.61. The largest absolute Gasteiger partial charge is 0.416 e. The van der Waals surface area contributed by atoms with Gasteiger partial charge in [0.2, 0.25) is 5.91 Å². The van der Waals surface area contributed by atoms with Gasteiger partial charge in [0, 0.05) is 55.9 Å². The van der Waals surface area contributed by atoms with Gasteiger partial charge in [-0.1, -0.05) is 30.3 Å². The number of halogens is 3. The van der Waals surface area contributed by atoms with Crippen LogP contribution in [0, 0.1) is 11.3 Å². The van der Waals surface area contributed by atoms with Crippen molar-refractivity contribution < 1.29 is 22.8 Å². The summed E-state index contributed by atoms with van der Waals surface area (Å²) < 4.78 is 39.8. The van der Waals surface area contributed by atoms with Crippen molar-refractivity contribution in [2.24, 2.45) is 17.1 Å². The molecule has 2 amide bonds. The first kappa shape index (κ1) is 27.3. The molecule has 41 heavy (non-hydrogen) atoms. The number of benzene rings is 2. The summed E-state index contributed by atoms with van der Waals surface area (Å²) in [6.07, 6.45) is -0.773. The zero-order valence-corrected chi connectivity index (χ0v) is 22.7. The maximum atomic E-state index is 13.3. The van der Waals surface area contributed by atoms with Crippen LogP contribution in [0.5, 0.6) is 0 Å². The molecule has 0 radical (unpaired) electrons. The molecule has 2 saturated heterocycles. The minimum Gasteiger partial charge on any atom is -0.370 e. The molecule has 3 aliphatic rings. The molecule has 2 aliphatic heterocycles. The van der Waals surface area contributed by atoms with E-state index < -0.39 is 11.7 Å². The number of amides is 2. The second kappa shape index (κ2) is 10.2. The monoisotopic (exact) mass is 563 g/mol. The summed E-state index contributed by atoms with van der Waals surface area (Å²) in [4.78, 5) is 33.7. The summed E-state index contributed by atoms with van der Waals surface area (Å²) >= 11 is 0. The summed E-state index contributed by atoms with van der Waals surface area (Å²) in [5.74, 6) is 0.243. The highest BCUT2D eigenvalue weighted by molar-refractivity contribution is 5.93. The van der Waals surface area contributed by atoms with E-state index in [4.69, 9.17) is 5.73 Å². The summed E-state index contributed by atoms with van der Waals surface area (Å²) in [6.45, 7) is 5.30. The molecule has 1 aliphatic carbocycles. The summed E-state index contributed by atoms with van der Waals surface area (Å²) in [5, 5.41) is 2.97. The molecular formula is C31H32F3N5O2. The molecule has 3 aromatic rings. The second-order valence-corrected chi connectivity index (χ2v) is 11.6. The van der Waals surface area contributed by atoms with E-state index in [9.17, 15) is 22.8 Å². The van der Waals surface area contributed by atoms with Crippen LogP contribution in [0.3, 0.4) is 0 Å². The highest BCUT2D eigenvalue weighted by atomic mass is 19.4. The zero-order valence-electron chi connectivity index (χ0n) is 22.7. The number of carbonyl (C=O) groups is 2. The molecule has 3 N–H and O–H groups in total. The maximum Gasteiger partial charge on any atom is 0.416 e. The second-order valence-electron chi connectivity index (χ2n) is 11.6. The molecule has 1 saturated carbocycles. The van der Waals surface area contributed by atoms with Crippen molar-refractivity contribution >= 4 is 17.5 Å². The van der Waals surface area contributed by atoms with Crippen LogP contribution in [-0.4, -0.2) is 47.9 Å². The zero-order chi connectivity index (χ0) is 28.9. The van der Waals surface area contributed by atoms with Gasteiger partial charge in [-0.3, -0.25) is 14.6 Å². The van der Waals surface area contributed by atoms with Crippen molar-refractivity contribution in [1.29, 1.82) is 0 Å².